The fraction of sp³-hybridized carbons (Fsp3) is 1.00. The molecule has 0 aliphatic carbocycles. The molecule has 0 rings (SSSR count). The number of likely N-dealkylation sites (N-methyl/N-ethyl adjacent to an activating group) is 1. The molecule has 0 aromatic heterocycles. The van der Waals surface area contributed by atoms with Crippen molar-refractivity contribution in [2.45, 2.75) is 27.7 Å². The molecule has 0 aromatic carbocycles. The Kier molecular flexibility index (Phi) is 7.61. The number of rotatable bonds is 8. The highest BCUT2D eigenvalue weighted by Crippen LogP contribution is 2.14. The zero-order valence-corrected chi connectivity index (χ0v) is 10.8. The molecule has 0 fully saturated rings. The highest BCUT2D eigenvalue weighted by atomic mass is 35.5. The van der Waals surface area contributed by atoms with Gasteiger partial charge >= 0.3 is 0 Å². The minimum atomic E-state index is 0.213. The lowest BCUT2D eigenvalue weighted by Gasteiger charge is -2.23. The molecule has 2 nitrogen and oxygen atoms in total. The molecule has 0 aliphatic rings. The van der Waals surface area contributed by atoms with Gasteiger partial charge in [0.2, 0.25) is 0 Å². The van der Waals surface area contributed by atoms with Crippen molar-refractivity contribution in [1.82, 2.24) is 10.2 Å². The Bertz CT molecular complexity index is 133. The highest BCUT2D eigenvalue weighted by Gasteiger charge is 2.15. The zero-order chi connectivity index (χ0) is 11.0. The molecule has 0 spiro atoms. The van der Waals surface area contributed by atoms with Gasteiger partial charge in [0, 0.05) is 25.5 Å². The van der Waals surface area contributed by atoms with Crippen LogP contribution in [-0.2, 0) is 0 Å². The second-order valence-corrected chi connectivity index (χ2v) is 4.77. The average Bonchev–Trinajstić information content (AvgIpc) is 2.18. The van der Waals surface area contributed by atoms with Gasteiger partial charge in [-0.3, -0.25) is 0 Å². The van der Waals surface area contributed by atoms with E-state index in [4.69, 9.17) is 11.6 Å². The molecule has 1 N–H and O–H groups in total. The van der Waals surface area contributed by atoms with Gasteiger partial charge in [0.1, 0.15) is 0 Å². The normalized spacial score (nSPS) is 12.4. The Labute approximate surface area is 94.0 Å². The number of alkyl halides is 1. The summed E-state index contributed by atoms with van der Waals surface area (Å²) in [7, 11) is 0. The molecule has 0 unspecified atom stereocenters. The average molecular weight is 221 g/mol. The summed E-state index contributed by atoms with van der Waals surface area (Å²) in [5.41, 5.74) is 0.213. The minimum Gasteiger partial charge on any atom is -0.315 e. The number of nitrogens with zero attached hydrogens (tertiary/aromatic N) is 1. The van der Waals surface area contributed by atoms with Crippen molar-refractivity contribution in [3.05, 3.63) is 0 Å². The molecule has 86 valence electrons. The van der Waals surface area contributed by atoms with Crippen LogP contribution < -0.4 is 5.32 Å². The van der Waals surface area contributed by atoms with Crippen LogP contribution in [0.3, 0.4) is 0 Å². The lowest BCUT2D eigenvalue weighted by Crippen LogP contribution is -2.37. The summed E-state index contributed by atoms with van der Waals surface area (Å²) in [5, 5.41) is 3.45. The van der Waals surface area contributed by atoms with Crippen LogP contribution in [0.2, 0.25) is 0 Å². The van der Waals surface area contributed by atoms with Crippen molar-refractivity contribution in [3.63, 3.8) is 0 Å². The Hall–Kier alpha value is 0.210. The summed E-state index contributed by atoms with van der Waals surface area (Å²) in [6.45, 7) is 14.2. The van der Waals surface area contributed by atoms with Gasteiger partial charge in [-0.15, -0.1) is 11.6 Å². The monoisotopic (exact) mass is 220 g/mol. The van der Waals surface area contributed by atoms with E-state index in [-0.39, 0.29) is 5.41 Å². The third-order valence-electron chi connectivity index (χ3n) is 2.46. The molecular weight excluding hydrogens is 196 g/mol. The molecule has 0 radical (unpaired) electrons. The fourth-order valence-electron chi connectivity index (χ4n) is 1.25. The van der Waals surface area contributed by atoms with Crippen LogP contribution in [0.4, 0.5) is 0 Å². The maximum atomic E-state index is 5.84. The maximum absolute atomic E-state index is 5.84. The minimum absolute atomic E-state index is 0.213. The van der Waals surface area contributed by atoms with Crippen LogP contribution in [-0.4, -0.2) is 43.5 Å². The Balaban J connectivity index is 3.45. The molecule has 0 saturated heterocycles. The second kappa shape index (κ2) is 7.49. The number of hydrogen-bond acceptors (Lipinski definition) is 2. The van der Waals surface area contributed by atoms with Gasteiger partial charge in [-0.2, -0.15) is 0 Å². The van der Waals surface area contributed by atoms with Crippen molar-refractivity contribution < 1.29 is 0 Å². The maximum Gasteiger partial charge on any atom is 0.0286 e. The zero-order valence-electron chi connectivity index (χ0n) is 10.1. The smallest absolute Gasteiger partial charge is 0.0286 e. The standard InChI is InChI=1S/C11H25ClN2/c1-5-14(6-2)8-7-13-10-11(3,4)9-12/h13H,5-10H2,1-4H3. The Morgan fingerprint density at radius 1 is 1.21 bits per heavy atom. The van der Waals surface area contributed by atoms with E-state index < -0.39 is 0 Å². The van der Waals surface area contributed by atoms with Gasteiger partial charge in [0.15, 0.2) is 0 Å². The van der Waals surface area contributed by atoms with E-state index in [1.54, 1.807) is 0 Å². The summed E-state index contributed by atoms with van der Waals surface area (Å²) in [6.07, 6.45) is 0. The molecule has 0 aromatic rings. The van der Waals surface area contributed by atoms with Crippen LogP contribution >= 0.6 is 11.6 Å². The van der Waals surface area contributed by atoms with Crippen molar-refractivity contribution in [1.29, 1.82) is 0 Å². The van der Waals surface area contributed by atoms with E-state index in [0.717, 1.165) is 32.7 Å². The second-order valence-electron chi connectivity index (χ2n) is 4.50. The van der Waals surface area contributed by atoms with E-state index >= 15 is 0 Å². The quantitative estimate of drug-likeness (QED) is 0.499. The topological polar surface area (TPSA) is 15.3 Å². The van der Waals surface area contributed by atoms with Gasteiger partial charge in [-0.25, -0.2) is 0 Å². The molecule has 0 aliphatic heterocycles. The summed E-state index contributed by atoms with van der Waals surface area (Å²) in [5.74, 6) is 0.714. The molecule has 0 heterocycles. The summed E-state index contributed by atoms with van der Waals surface area (Å²) in [6, 6.07) is 0. The summed E-state index contributed by atoms with van der Waals surface area (Å²) in [4.78, 5) is 2.42. The Morgan fingerprint density at radius 2 is 1.79 bits per heavy atom. The number of halogens is 1. The molecule has 14 heavy (non-hydrogen) atoms. The first-order valence-corrected chi connectivity index (χ1v) is 6.08. The van der Waals surface area contributed by atoms with Gasteiger partial charge < -0.3 is 10.2 Å². The van der Waals surface area contributed by atoms with Gasteiger partial charge in [-0.1, -0.05) is 27.7 Å². The largest absolute Gasteiger partial charge is 0.315 e. The van der Waals surface area contributed by atoms with E-state index in [0.29, 0.717) is 5.88 Å². The van der Waals surface area contributed by atoms with Crippen LogP contribution in [0, 0.1) is 5.41 Å². The lowest BCUT2D eigenvalue weighted by molar-refractivity contribution is 0.291. The predicted octanol–water partition coefficient (Wildman–Crippen LogP) is 2.18. The van der Waals surface area contributed by atoms with E-state index in [1.807, 2.05) is 0 Å². The first kappa shape index (κ1) is 14.2. The van der Waals surface area contributed by atoms with Crippen molar-refractivity contribution in [2.75, 3.05) is 38.6 Å². The summed E-state index contributed by atoms with van der Waals surface area (Å²) < 4.78 is 0. The van der Waals surface area contributed by atoms with Crippen molar-refractivity contribution in [2.24, 2.45) is 5.41 Å². The summed E-state index contributed by atoms with van der Waals surface area (Å²) >= 11 is 5.84. The van der Waals surface area contributed by atoms with Crippen molar-refractivity contribution in [3.8, 4) is 0 Å². The van der Waals surface area contributed by atoms with E-state index in [2.05, 4.69) is 37.9 Å². The van der Waals surface area contributed by atoms with E-state index in [1.165, 1.54) is 0 Å². The molecular formula is C11H25ClN2. The van der Waals surface area contributed by atoms with Gasteiger partial charge in [-0.05, 0) is 18.5 Å². The molecule has 3 heteroatoms. The Morgan fingerprint density at radius 3 is 2.21 bits per heavy atom. The molecule has 0 amide bonds. The molecule has 0 saturated carbocycles. The first-order valence-electron chi connectivity index (χ1n) is 5.54. The van der Waals surface area contributed by atoms with Gasteiger partial charge in [0.05, 0.1) is 0 Å². The van der Waals surface area contributed by atoms with Gasteiger partial charge in [0.25, 0.3) is 0 Å². The SMILES string of the molecule is CCN(CC)CCNCC(C)(C)CCl. The predicted molar refractivity (Wildman–Crippen MR) is 65.2 cm³/mol. The van der Waals surface area contributed by atoms with Crippen LogP contribution in [0.15, 0.2) is 0 Å². The third kappa shape index (κ3) is 6.63. The van der Waals surface area contributed by atoms with Crippen LogP contribution in [0.1, 0.15) is 27.7 Å². The first-order chi connectivity index (χ1) is 6.55. The van der Waals surface area contributed by atoms with Crippen molar-refractivity contribution >= 4 is 11.6 Å². The highest BCUT2D eigenvalue weighted by molar-refractivity contribution is 6.18. The number of hydrogen-bond donors (Lipinski definition) is 1. The fourth-order valence-corrected chi connectivity index (χ4v) is 1.35. The van der Waals surface area contributed by atoms with Crippen LogP contribution in [0.25, 0.3) is 0 Å². The van der Waals surface area contributed by atoms with Crippen LogP contribution in [0.5, 0.6) is 0 Å². The van der Waals surface area contributed by atoms with E-state index in [9.17, 15) is 0 Å². The molecule has 0 atom stereocenters. The lowest BCUT2D eigenvalue weighted by atomic mass is 9.97. The molecule has 0 bridgehead atoms. The number of nitrogens with one attached hydrogen (secondary N) is 1. The third-order valence-corrected chi connectivity index (χ3v) is 3.19.